The van der Waals surface area contributed by atoms with E-state index < -0.39 is 0 Å². The van der Waals surface area contributed by atoms with Gasteiger partial charge in [0.2, 0.25) is 5.91 Å². The molecule has 1 amide bonds. The third-order valence-electron chi connectivity index (χ3n) is 2.59. The van der Waals surface area contributed by atoms with E-state index in [0.29, 0.717) is 17.4 Å². The van der Waals surface area contributed by atoms with Gasteiger partial charge in [-0.2, -0.15) is 11.8 Å². The Balaban J connectivity index is 1.87. The van der Waals surface area contributed by atoms with Gasteiger partial charge in [0.15, 0.2) is 0 Å². The van der Waals surface area contributed by atoms with E-state index in [0.717, 1.165) is 17.1 Å². The molecule has 0 radical (unpaired) electrons. The van der Waals surface area contributed by atoms with Crippen LogP contribution in [0, 0.1) is 0 Å². The number of benzene rings is 1. The SMILES string of the molecule is CSCC(=O)Nc1ccc(OCc2ccc(Cl)cn2)cc1. The van der Waals surface area contributed by atoms with Crippen LogP contribution in [0.1, 0.15) is 5.69 Å². The van der Waals surface area contributed by atoms with Gasteiger partial charge < -0.3 is 10.1 Å². The number of hydrogen-bond acceptors (Lipinski definition) is 4. The summed E-state index contributed by atoms with van der Waals surface area (Å²) in [5, 5.41) is 3.41. The summed E-state index contributed by atoms with van der Waals surface area (Å²) in [6.45, 7) is 0.370. The molecule has 2 rings (SSSR count). The highest BCUT2D eigenvalue weighted by Crippen LogP contribution is 2.17. The van der Waals surface area contributed by atoms with Gasteiger partial charge in [-0.1, -0.05) is 11.6 Å². The molecule has 0 aliphatic rings. The molecular weight excluding hydrogens is 308 g/mol. The number of rotatable bonds is 6. The van der Waals surface area contributed by atoms with E-state index in [1.807, 2.05) is 36.6 Å². The number of amides is 1. The van der Waals surface area contributed by atoms with Crippen molar-refractivity contribution >= 4 is 35.0 Å². The summed E-state index contributed by atoms with van der Waals surface area (Å²) in [7, 11) is 0. The number of carbonyl (C=O) groups is 1. The molecule has 2 aromatic rings. The molecule has 0 unspecified atom stereocenters. The third-order valence-corrected chi connectivity index (χ3v) is 3.36. The van der Waals surface area contributed by atoms with Gasteiger partial charge in [-0.3, -0.25) is 9.78 Å². The van der Waals surface area contributed by atoms with Crippen LogP contribution in [0.4, 0.5) is 5.69 Å². The summed E-state index contributed by atoms with van der Waals surface area (Å²) in [4.78, 5) is 15.6. The zero-order valence-electron chi connectivity index (χ0n) is 11.5. The highest BCUT2D eigenvalue weighted by atomic mass is 35.5. The lowest BCUT2D eigenvalue weighted by Crippen LogP contribution is -2.13. The smallest absolute Gasteiger partial charge is 0.234 e. The van der Waals surface area contributed by atoms with Crippen molar-refractivity contribution in [3.8, 4) is 5.75 Å². The molecule has 0 saturated heterocycles. The van der Waals surface area contributed by atoms with Crippen molar-refractivity contribution in [3.05, 3.63) is 53.3 Å². The Kier molecular flexibility index (Phi) is 5.90. The molecule has 0 bridgehead atoms. The topological polar surface area (TPSA) is 51.2 Å². The molecule has 110 valence electrons. The lowest BCUT2D eigenvalue weighted by atomic mass is 10.3. The van der Waals surface area contributed by atoms with Crippen LogP contribution in [0.15, 0.2) is 42.6 Å². The first kappa shape index (κ1) is 15.7. The van der Waals surface area contributed by atoms with Crippen molar-refractivity contribution in [2.45, 2.75) is 6.61 Å². The predicted molar refractivity (Wildman–Crippen MR) is 87.0 cm³/mol. The fourth-order valence-electron chi connectivity index (χ4n) is 1.61. The van der Waals surface area contributed by atoms with Crippen LogP contribution in [-0.2, 0) is 11.4 Å². The largest absolute Gasteiger partial charge is 0.487 e. The first-order valence-corrected chi connectivity index (χ1v) is 8.06. The van der Waals surface area contributed by atoms with E-state index in [-0.39, 0.29) is 5.91 Å². The van der Waals surface area contributed by atoms with Gasteiger partial charge in [0.1, 0.15) is 12.4 Å². The van der Waals surface area contributed by atoms with Crippen molar-refractivity contribution in [1.82, 2.24) is 4.98 Å². The van der Waals surface area contributed by atoms with Crippen LogP contribution in [0.3, 0.4) is 0 Å². The monoisotopic (exact) mass is 322 g/mol. The molecular formula is C15H15ClN2O2S. The number of aromatic nitrogens is 1. The van der Waals surface area contributed by atoms with Gasteiger partial charge in [0.05, 0.1) is 16.5 Å². The van der Waals surface area contributed by atoms with Gasteiger partial charge in [0.25, 0.3) is 0 Å². The van der Waals surface area contributed by atoms with E-state index in [1.165, 1.54) is 11.8 Å². The fraction of sp³-hybridized carbons (Fsp3) is 0.200. The van der Waals surface area contributed by atoms with Gasteiger partial charge in [-0.05, 0) is 42.7 Å². The second-order valence-electron chi connectivity index (χ2n) is 4.26. The maximum Gasteiger partial charge on any atom is 0.234 e. The molecule has 0 saturated carbocycles. The highest BCUT2D eigenvalue weighted by molar-refractivity contribution is 7.99. The Morgan fingerprint density at radius 3 is 2.67 bits per heavy atom. The zero-order chi connectivity index (χ0) is 15.1. The summed E-state index contributed by atoms with van der Waals surface area (Å²) in [6.07, 6.45) is 3.48. The number of carbonyl (C=O) groups excluding carboxylic acids is 1. The minimum atomic E-state index is -0.0125. The summed E-state index contributed by atoms with van der Waals surface area (Å²) < 4.78 is 5.62. The predicted octanol–water partition coefficient (Wildman–Crippen LogP) is 3.62. The number of nitrogens with one attached hydrogen (secondary N) is 1. The van der Waals surface area contributed by atoms with Gasteiger partial charge >= 0.3 is 0 Å². The summed E-state index contributed by atoms with van der Waals surface area (Å²) in [5.74, 6) is 1.15. The standard InChI is InChI=1S/C15H15ClN2O2S/c1-21-10-15(19)18-12-4-6-14(7-5-12)20-9-13-3-2-11(16)8-17-13/h2-8H,9-10H2,1H3,(H,18,19). The van der Waals surface area contributed by atoms with Crippen LogP contribution in [0.2, 0.25) is 5.02 Å². The lowest BCUT2D eigenvalue weighted by Gasteiger charge is -2.08. The van der Waals surface area contributed by atoms with Crippen molar-refractivity contribution in [2.75, 3.05) is 17.3 Å². The molecule has 1 heterocycles. The Morgan fingerprint density at radius 2 is 2.05 bits per heavy atom. The first-order chi connectivity index (χ1) is 10.2. The number of halogens is 1. The minimum absolute atomic E-state index is 0.0125. The van der Waals surface area contributed by atoms with Crippen LogP contribution in [-0.4, -0.2) is 22.9 Å². The van der Waals surface area contributed by atoms with E-state index in [9.17, 15) is 4.79 Å². The van der Waals surface area contributed by atoms with Crippen LogP contribution >= 0.6 is 23.4 Å². The molecule has 21 heavy (non-hydrogen) atoms. The van der Waals surface area contributed by atoms with Gasteiger partial charge in [0, 0.05) is 11.9 Å². The number of thioether (sulfide) groups is 1. The Morgan fingerprint density at radius 1 is 1.29 bits per heavy atom. The summed E-state index contributed by atoms with van der Waals surface area (Å²) in [5.41, 5.74) is 1.56. The van der Waals surface area contributed by atoms with Crippen molar-refractivity contribution in [2.24, 2.45) is 0 Å². The molecule has 6 heteroatoms. The lowest BCUT2D eigenvalue weighted by molar-refractivity contribution is -0.113. The van der Waals surface area contributed by atoms with E-state index >= 15 is 0 Å². The molecule has 1 aromatic carbocycles. The number of ether oxygens (including phenoxy) is 1. The van der Waals surface area contributed by atoms with Gasteiger partial charge in [-0.25, -0.2) is 0 Å². The number of hydrogen-bond donors (Lipinski definition) is 1. The molecule has 0 atom stereocenters. The van der Waals surface area contributed by atoms with Crippen molar-refractivity contribution < 1.29 is 9.53 Å². The van der Waals surface area contributed by atoms with Gasteiger partial charge in [-0.15, -0.1) is 0 Å². The quantitative estimate of drug-likeness (QED) is 0.882. The first-order valence-electron chi connectivity index (χ1n) is 6.29. The van der Waals surface area contributed by atoms with E-state index in [2.05, 4.69) is 10.3 Å². The molecule has 4 nitrogen and oxygen atoms in total. The Hall–Kier alpha value is -1.72. The maximum absolute atomic E-state index is 11.5. The van der Waals surface area contributed by atoms with Crippen molar-refractivity contribution in [1.29, 1.82) is 0 Å². The number of anilines is 1. The summed E-state index contributed by atoms with van der Waals surface area (Å²) >= 11 is 7.26. The average molecular weight is 323 g/mol. The molecule has 1 aromatic heterocycles. The molecule has 0 aliphatic heterocycles. The minimum Gasteiger partial charge on any atom is -0.487 e. The number of nitrogens with zero attached hydrogens (tertiary/aromatic N) is 1. The third kappa shape index (κ3) is 5.28. The Labute approximate surface area is 132 Å². The second kappa shape index (κ2) is 7.90. The number of pyridine rings is 1. The van der Waals surface area contributed by atoms with Crippen LogP contribution in [0.5, 0.6) is 5.75 Å². The van der Waals surface area contributed by atoms with Crippen molar-refractivity contribution in [3.63, 3.8) is 0 Å². The molecule has 1 N–H and O–H groups in total. The summed E-state index contributed by atoms with van der Waals surface area (Å²) in [6, 6.07) is 10.8. The van der Waals surface area contributed by atoms with Crippen LogP contribution in [0.25, 0.3) is 0 Å². The average Bonchev–Trinajstić information content (AvgIpc) is 2.48. The molecule has 0 fully saturated rings. The fourth-order valence-corrected chi connectivity index (χ4v) is 2.06. The Bertz CT molecular complexity index is 588. The highest BCUT2D eigenvalue weighted by Gasteiger charge is 2.02. The normalized spacial score (nSPS) is 10.2. The maximum atomic E-state index is 11.5. The van der Waals surface area contributed by atoms with E-state index in [1.54, 1.807) is 12.3 Å². The zero-order valence-corrected chi connectivity index (χ0v) is 13.1. The van der Waals surface area contributed by atoms with Crippen LogP contribution < -0.4 is 10.1 Å². The molecule has 0 aliphatic carbocycles. The molecule has 0 spiro atoms. The van der Waals surface area contributed by atoms with E-state index in [4.69, 9.17) is 16.3 Å². The second-order valence-corrected chi connectivity index (χ2v) is 5.56.